The lowest BCUT2D eigenvalue weighted by Crippen LogP contribution is -2.00. The van der Waals surface area contributed by atoms with Crippen LogP contribution in [0.4, 0.5) is 0 Å². The lowest BCUT2D eigenvalue weighted by molar-refractivity contribution is 1.07. The third-order valence-electron chi connectivity index (χ3n) is 20.7. The van der Waals surface area contributed by atoms with Gasteiger partial charge in [0.25, 0.3) is 0 Å². The SMILES string of the molecule is c1ccc(-c2nc(-c3ccc(-c4ccc(-c5nc(-c6ccccc6)nc(-c6cccc(-c7cccc(-c8ccc9ccc%10c%11ccccc%11c%11ccccc%11c%10c9c8)c7)c6)n5)cc4)cc3)nc(-c3cccc(-c4cccc(-c5ccc6c(ccc7c8ccccc8c8ccccc8c67)c5)c4)c3)n2)cc1. The summed E-state index contributed by atoms with van der Waals surface area (Å²) in [4.78, 5) is 31.0. The van der Waals surface area contributed by atoms with E-state index in [2.05, 4.69) is 303 Å². The molecule has 0 bridgehead atoms. The molecule has 0 radical (unpaired) electrons. The summed E-state index contributed by atoms with van der Waals surface area (Å²) in [6.45, 7) is 0. The van der Waals surface area contributed by atoms with E-state index >= 15 is 0 Å². The number of hydrogen-bond donors (Lipinski definition) is 0. The van der Waals surface area contributed by atoms with Crippen molar-refractivity contribution in [3.05, 3.63) is 364 Å². The maximum absolute atomic E-state index is 5.22. The lowest BCUT2D eigenvalue weighted by atomic mass is 9.90. The summed E-state index contributed by atoms with van der Waals surface area (Å²) in [5, 5.41) is 20.3. The molecule has 0 aliphatic rings. The van der Waals surface area contributed by atoms with Gasteiger partial charge >= 0.3 is 0 Å². The fraction of sp³-hybridized carbons (Fsp3) is 0. The largest absolute Gasteiger partial charge is 0.208 e. The Morgan fingerprint density at radius 2 is 0.346 bits per heavy atom. The molecule has 6 nitrogen and oxygen atoms in total. The predicted octanol–water partition coefficient (Wildman–Crippen LogP) is 25.6. The second-order valence-electron chi connectivity index (χ2n) is 26.9. The quantitative estimate of drug-likeness (QED) is 0.120. The van der Waals surface area contributed by atoms with Crippen LogP contribution in [0.2, 0.25) is 0 Å². The van der Waals surface area contributed by atoms with E-state index in [-0.39, 0.29) is 0 Å². The summed E-state index contributed by atoms with van der Waals surface area (Å²) in [7, 11) is 0. The first-order valence-electron chi connectivity index (χ1n) is 35.3. The smallest absolute Gasteiger partial charge is 0.164 e. The summed E-state index contributed by atoms with van der Waals surface area (Å²) in [6, 6.07) is 130. The van der Waals surface area contributed by atoms with Gasteiger partial charge in [0.1, 0.15) is 0 Å². The zero-order chi connectivity index (χ0) is 68.6. The summed E-state index contributed by atoms with van der Waals surface area (Å²) < 4.78 is 0. The molecule has 0 N–H and O–H groups in total. The first-order valence-corrected chi connectivity index (χ1v) is 35.3. The minimum atomic E-state index is 0.588. The topological polar surface area (TPSA) is 77.3 Å². The van der Waals surface area contributed by atoms with Crippen molar-refractivity contribution in [1.29, 1.82) is 0 Å². The van der Waals surface area contributed by atoms with Gasteiger partial charge in [-0.15, -0.1) is 0 Å². The highest BCUT2D eigenvalue weighted by Crippen LogP contribution is 2.44. The molecular formula is C98H60N6. The van der Waals surface area contributed by atoms with Gasteiger partial charge in [-0.2, -0.15) is 0 Å². The normalized spacial score (nSPS) is 11.7. The molecule has 0 aliphatic heterocycles. The molecule has 0 fully saturated rings. The van der Waals surface area contributed by atoms with E-state index in [1.165, 1.54) is 86.2 Å². The van der Waals surface area contributed by atoms with Crippen molar-refractivity contribution in [2.24, 2.45) is 0 Å². The van der Waals surface area contributed by atoms with Crippen LogP contribution in [0.3, 0.4) is 0 Å². The summed E-state index contributed by atoms with van der Waals surface area (Å²) in [6.07, 6.45) is 0. The molecule has 20 aromatic rings. The molecule has 20 rings (SSSR count). The van der Waals surface area contributed by atoms with Crippen molar-refractivity contribution in [3.8, 4) is 124 Å². The average Bonchev–Trinajstić information content (AvgIpc) is 0.732. The highest BCUT2D eigenvalue weighted by Gasteiger charge is 2.20. The van der Waals surface area contributed by atoms with Crippen LogP contribution in [-0.2, 0) is 0 Å². The highest BCUT2D eigenvalue weighted by atomic mass is 15.0. The second-order valence-corrected chi connectivity index (χ2v) is 26.9. The molecule has 2 aromatic heterocycles. The van der Waals surface area contributed by atoms with Crippen LogP contribution in [0.25, 0.3) is 210 Å². The molecule has 0 spiro atoms. The molecular weight excluding hydrogens is 1260 g/mol. The Hall–Kier alpha value is -13.9. The van der Waals surface area contributed by atoms with Crippen LogP contribution in [-0.4, -0.2) is 29.9 Å². The van der Waals surface area contributed by atoms with Crippen LogP contribution in [0.1, 0.15) is 0 Å². The summed E-state index contributed by atoms with van der Waals surface area (Å²) in [5.74, 6) is 3.57. The van der Waals surface area contributed by atoms with E-state index in [9.17, 15) is 0 Å². The number of hydrogen-bond acceptors (Lipinski definition) is 6. The van der Waals surface area contributed by atoms with Crippen LogP contribution >= 0.6 is 0 Å². The number of aromatic nitrogens is 6. The number of benzene rings is 18. The van der Waals surface area contributed by atoms with E-state index < -0.39 is 0 Å². The zero-order valence-electron chi connectivity index (χ0n) is 56.3. The molecule has 104 heavy (non-hydrogen) atoms. The zero-order valence-corrected chi connectivity index (χ0v) is 56.3. The first-order chi connectivity index (χ1) is 51.5. The Morgan fingerprint density at radius 3 is 0.750 bits per heavy atom. The Kier molecular flexibility index (Phi) is 14.5. The molecule has 0 saturated carbocycles. The fourth-order valence-electron chi connectivity index (χ4n) is 15.6. The van der Waals surface area contributed by atoms with Crippen LogP contribution in [0.15, 0.2) is 364 Å². The minimum Gasteiger partial charge on any atom is -0.208 e. The van der Waals surface area contributed by atoms with Crippen molar-refractivity contribution >= 4 is 86.2 Å². The lowest BCUT2D eigenvalue weighted by Gasteiger charge is -2.14. The molecule has 18 aromatic carbocycles. The predicted molar refractivity (Wildman–Crippen MR) is 433 cm³/mol. The molecule has 0 aliphatic carbocycles. The van der Waals surface area contributed by atoms with Gasteiger partial charge in [0.2, 0.25) is 0 Å². The van der Waals surface area contributed by atoms with Crippen molar-refractivity contribution < 1.29 is 0 Å². The van der Waals surface area contributed by atoms with E-state index in [0.717, 1.165) is 89.0 Å². The van der Waals surface area contributed by atoms with Crippen LogP contribution < -0.4 is 0 Å². The van der Waals surface area contributed by atoms with Crippen LogP contribution in [0.5, 0.6) is 0 Å². The monoisotopic (exact) mass is 1320 g/mol. The second kappa shape index (κ2) is 25.0. The Balaban J connectivity index is 0.586. The standard InChI is InChI=1S/C98H60N6/c1-3-19-64(20-4-1)93-99-95(103-97(101-93)77-29-17-27-72(58-77)68-23-15-25-70(55-68)74-50-52-79-76(57-74)51-54-88-84-35-9-7-31-80(84)82-33-11-13-37-86(82)91(79)88)66-44-39-61(40-45-66)62-41-46-67(47-42-62)96-100-94(65-21-5-2-6-22-65)102-98(104-96)78-30-18-28-73(59-78)69-24-16-26-71(56-69)75-48-43-63-49-53-89-85-36-10-8-32-81(85)83-34-12-14-38-87(83)92(89)90(63)60-75/h1-60H. The minimum absolute atomic E-state index is 0.588. The third-order valence-corrected chi connectivity index (χ3v) is 20.7. The maximum atomic E-state index is 5.22. The molecule has 0 atom stereocenters. The van der Waals surface area contributed by atoms with Crippen molar-refractivity contribution in [2.45, 2.75) is 0 Å². The van der Waals surface area contributed by atoms with Gasteiger partial charge in [-0.05, 0) is 178 Å². The first kappa shape index (κ1) is 60.1. The Labute approximate surface area is 600 Å². The third kappa shape index (κ3) is 10.7. The maximum Gasteiger partial charge on any atom is 0.164 e. The number of fused-ring (bicyclic) bond motifs is 16. The van der Waals surface area contributed by atoms with Gasteiger partial charge in [0.15, 0.2) is 34.9 Å². The Morgan fingerprint density at radius 1 is 0.115 bits per heavy atom. The van der Waals surface area contributed by atoms with Gasteiger partial charge in [-0.3, -0.25) is 0 Å². The van der Waals surface area contributed by atoms with Gasteiger partial charge < -0.3 is 0 Å². The molecule has 0 unspecified atom stereocenters. The molecule has 6 heteroatoms. The summed E-state index contributed by atoms with van der Waals surface area (Å²) >= 11 is 0. The van der Waals surface area contributed by atoms with Gasteiger partial charge in [-0.1, -0.05) is 328 Å². The van der Waals surface area contributed by atoms with Gasteiger partial charge in [0.05, 0.1) is 0 Å². The molecule has 0 amide bonds. The van der Waals surface area contributed by atoms with Crippen molar-refractivity contribution in [1.82, 2.24) is 29.9 Å². The highest BCUT2D eigenvalue weighted by molar-refractivity contribution is 6.33. The van der Waals surface area contributed by atoms with Crippen molar-refractivity contribution in [3.63, 3.8) is 0 Å². The van der Waals surface area contributed by atoms with Gasteiger partial charge in [0, 0.05) is 33.4 Å². The molecule has 2 heterocycles. The van der Waals surface area contributed by atoms with Crippen molar-refractivity contribution in [2.75, 3.05) is 0 Å². The molecule has 0 saturated heterocycles. The number of rotatable bonds is 11. The fourth-order valence-corrected chi connectivity index (χ4v) is 15.6. The van der Waals surface area contributed by atoms with E-state index in [4.69, 9.17) is 29.9 Å². The Bertz CT molecular complexity index is 6760. The van der Waals surface area contributed by atoms with Crippen LogP contribution in [0, 0.1) is 0 Å². The average molecular weight is 1320 g/mol. The van der Waals surface area contributed by atoms with E-state index in [1.54, 1.807) is 0 Å². The van der Waals surface area contributed by atoms with Gasteiger partial charge in [-0.25, -0.2) is 29.9 Å². The number of nitrogens with zero attached hydrogens (tertiary/aromatic N) is 6. The molecule has 482 valence electrons. The summed E-state index contributed by atoms with van der Waals surface area (Å²) in [5.41, 5.74) is 16.4. The van der Waals surface area contributed by atoms with E-state index in [1.807, 2.05) is 60.7 Å². The van der Waals surface area contributed by atoms with E-state index in [0.29, 0.717) is 34.9 Å².